The first-order valence-electron chi connectivity index (χ1n) is 9.24. The summed E-state index contributed by atoms with van der Waals surface area (Å²) < 4.78 is 4.97. The highest BCUT2D eigenvalue weighted by atomic mass is 16.5. The van der Waals surface area contributed by atoms with Crippen LogP contribution in [0.15, 0.2) is 85.2 Å². The molecular weight excluding hydrogens is 348 g/mol. The van der Waals surface area contributed by atoms with E-state index in [2.05, 4.69) is 47.5 Å². The van der Waals surface area contributed by atoms with Gasteiger partial charge in [-0.3, -0.25) is 0 Å². The maximum Gasteiger partial charge on any atom is 0.338 e. The lowest BCUT2D eigenvalue weighted by Crippen LogP contribution is -2.29. The zero-order valence-electron chi connectivity index (χ0n) is 15.9. The van der Waals surface area contributed by atoms with Gasteiger partial charge in [-0.25, -0.2) is 4.79 Å². The van der Waals surface area contributed by atoms with E-state index >= 15 is 0 Å². The van der Waals surface area contributed by atoms with Crippen LogP contribution in [0.1, 0.15) is 27.7 Å². The Morgan fingerprint density at radius 3 is 2.50 bits per heavy atom. The summed E-state index contributed by atoms with van der Waals surface area (Å²) in [6.07, 6.45) is 3.74. The van der Waals surface area contributed by atoms with Crippen LogP contribution in [0.2, 0.25) is 0 Å². The molecule has 1 unspecified atom stereocenters. The monoisotopic (exact) mass is 370 g/mol. The van der Waals surface area contributed by atoms with E-state index in [1.165, 1.54) is 23.8 Å². The highest BCUT2D eigenvalue weighted by Crippen LogP contribution is 2.36. The van der Waals surface area contributed by atoms with Gasteiger partial charge in [0, 0.05) is 23.7 Å². The second-order valence-corrected chi connectivity index (χ2v) is 6.69. The summed E-state index contributed by atoms with van der Waals surface area (Å²) in [6.45, 7) is 2.13. The van der Waals surface area contributed by atoms with Gasteiger partial charge in [0.25, 0.3) is 0 Å². The highest BCUT2D eigenvalue weighted by Gasteiger charge is 2.27. The molecule has 0 radical (unpaired) electrons. The van der Waals surface area contributed by atoms with Gasteiger partial charge in [0.05, 0.1) is 12.7 Å². The van der Waals surface area contributed by atoms with Gasteiger partial charge >= 0.3 is 5.97 Å². The molecule has 4 heteroatoms. The number of anilines is 1. The van der Waals surface area contributed by atoms with Crippen LogP contribution in [0.4, 0.5) is 5.69 Å². The summed E-state index contributed by atoms with van der Waals surface area (Å²) >= 11 is 0. The van der Waals surface area contributed by atoms with E-state index in [1.54, 1.807) is 6.07 Å². The molecule has 3 aromatic carbocycles. The molecule has 140 valence electrons. The number of benzene rings is 3. The molecule has 0 saturated carbocycles. The van der Waals surface area contributed by atoms with E-state index in [-0.39, 0.29) is 12.1 Å². The fourth-order valence-electron chi connectivity index (χ4n) is 3.70. The van der Waals surface area contributed by atoms with Crippen molar-refractivity contribution in [2.75, 3.05) is 12.0 Å². The SMILES string of the molecule is COC(=O)c1ccccc1C1NC=CN1c1cccc(-c2ccccc2)c1C. The molecule has 1 aliphatic heterocycles. The normalized spacial score (nSPS) is 15.4. The van der Waals surface area contributed by atoms with Gasteiger partial charge < -0.3 is 15.0 Å². The first-order valence-corrected chi connectivity index (χ1v) is 9.24. The second-order valence-electron chi connectivity index (χ2n) is 6.69. The quantitative estimate of drug-likeness (QED) is 0.654. The Morgan fingerprint density at radius 1 is 0.964 bits per heavy atom. The van der Waals surface area contributed by atoms with E-state index in [0.29, 0.717) is 5.56 Å². The van der Waals surface area contributed by atoms with E-state index < -0.39 is 0 Å². The summed E-state index contributed by atoms with van der Waals surface area (Å²) in [6, 6.07) is 24.2. The molecule has 1 aliphatic rings. The Hall–Kier alpha value is -3.53. The van der Waals surface area contributed by atoms with Crippen molar-refractivity contribution in [3.05, 3.63) is 102 Å². The minimum absolute atomic E-state index is 0.181. The van der Waals surface area contributed by atoms with Crippen molar-refractivity contribution in [1.82, 2.24) is 5.32 Å². The number of carbonyl (C=O) groups excluding carboxylic acids is 1. The molecule has 0 saturated heterocycles. The second kappa shape index (κ2) is 7.61. The van der Waals surface area contributed by atoms with E-state index in [4.69, 9.17) is 4.74 Å². The third-order valence-corrected chi connectivity index (χ3v) is 5.10. The third-order valence-electron chi connectivity index (χ3n) is 5.10. The van der Waals surface area contributed by atoms with Crippen LogP contribution < -0.4 is 10.2 Å². The third kappa shape index (κ3) is 3.14. The summed E-state index contributed by atoms with van der Waals surface area (Å²) in [5.41, 5.74) is 6.09. The van der Waals surface area contributed by atoms with Gasteiger partial charge in [0.15, 0.2) is 0 Å². The van der Waals surface area contributed by atoms with Crippen molar-refractivity contribution in [3.63, 3.8) is 0 Å². The first-order chi connectivity index (χ1) is 13.7. The Labute approximate surface area is 165 Å². The maximum atomic E-state index is 12.3. The number of hydrogen-bond acceptors (Lipinski definition) is 4. The number of nitrogens with one attached hydrogen (secondary N) is 1. The van der Waals surface area contributed by atoms with Crippen molar-refractivity contribution in [2.45, 2.75) is 13.1 Å². The molecule has 4 rings (SSSR count). The van der Waals surface area contributed by atoms with Crippen LogP contribution in [0.3, 0.4) is 0 Å². The molecule has 0 spiro atoms. The number of esters is 1. The molecule has 0 aromatic heterocycles. The predicted molar refractivity (Wildman–Crippen MR) is 112 cm³/mol. The molecule has 1 atom stereocenters. The highest BCUT2D eigenvalue weighted by molar-refractivity contribution is 5.91. The number of hydrogen-bond donors (Lipinski definition) is 1. The number of nitrogens with zero attached hydrogens (tertiary/aromatic N) is 1. The zero-order chi connectivity index (χ0) is 19.5. The minimum Gasteiger partial charge on any atom is -0.465 e. The van der Waals surface area contributed by atoms with Crippen molar-refractivity contribution in [3.8, 4) is 11.1 Å². The Morgan fingerprint density at radius 2 is 1.71 bits per heavy atom. The lowest BCUT2D eigenvalue weighted by Gasteiger charge is -2.29. The molecule has 4 nitrogen and oxygen atoms in total. The van der Waals surface area contributed by atoms with Gasteiger partial charge in [-0.1, -0.05) is 60.7 Å². The van der Waals surface area contributed by atoms with Crippen LogP contribution in [0.25, 0.3) is 11.1 Å². The summed E-state index contributed by atoms with van der Waals surface area (Å²) in [5, 5.41) is 3.36. The topological polar surface area (TPSA) is 41.6 Å². The molecule has 0 fully saturated rings. The standard InChI is InChI=1S/C24H22N2O2/c1-17-19(18-9-4-3-5-10-18)13-8-14-22(17)26-16-15-25-23(26)20-11-6-7-12-21(20)24(27)28-2/h3-16,23,25H,1-2H3. The van der Waals surface area contributed by atoms with Crippen molar-refractivity contribution in [2.24, 2.45) is 0 Å². The minimum atomic E-state index is -0.334. The molecule has 28 heavy (non-hydrogen) atoms. The van der Waals surface area contributed by atoms with Crippen molar-refractivity contribution < 1.29 is 9.53 Å². The smallest absolute Gasteiger partial charge is 0.338 e. The summed E-state index contributed by atoms with van der Waals surface area (Å²) in [4.78, 5) is 14.4. The molecular formula is C24H22N2O2. The van der Waals surface area contributed by atoms with Gasteiger partial charge in [-0.2, -0.15) is 0 Å². The van der Waals surface area contributed by atoms with Gasteiger partial charge in [-0.05, 0) is 35.7 Å². The zero-order valence-corrected chi connectivity index (χ0v) is 15.9. The Kier molecular flexibility index (Phi) is 4.85. The van der Waals surface area contributed by atoms with E-state index in [9.17, 15) is 4.79 Å². The lowest BCUT2D eigenvalue weighted by molar-refractivity contribution is 0.0599. The number of rotatable bonds is 4. The Balaban J connectivity index is 1.77. The van der Waals surface area contributed by atoms with Gasteiger partial charge in [0.2, 0.25) is 0 Å². The van der Waals surface area contributed by atoms with Crippen LogP contribution >= 0.6 is 0 Å². The predicted octanol–water partition coefficient (Wildman–Crippen LogP) is 5.03. The van der Waals surface area contributed by atoms with E-state index in [0.717, 1.165) is 11.3 Å². The van der Waals surface area contributed by atoms with E-state index in [1.807, 2.05) is 48.8 Å². The van der Waals surface area contributed by atoms with Crippen molar-refractivity contribution in [1.29, 1.82) is 0 Å². The number of methoxy groups -OCH3 is 1. The van der Waals surface area contributed by atoms with Crippen LogP contribution in [-0.2, 0) is 4.74 Å². The lowest BCUT2D eigenvalue weighted by atomic mass is 9.98. The molecule has 0 amide bonds. The fourth-order valence-corrected chi connectivity index (χ4v) is 3.70. The van der Waals surface area contributed by atoms with Crippen molar-refractivity contribution >= 4 is 11.7 Å². The molecule has 1 N–H and O–H groups in total. The maximum absolute atomic E-state index is 12.3. The number of ether oxygens (including phenoxy) is 1. The largest absolute Gasteiger partial charge is 0.465 e. The Bertz CT molecular complexity index is 1030. The average molecular weight is 370 g/mol. The van der Waals surface area contributed by atoms with Crippen LogP contribution in [-0.4, -0.2) is 13.1 Å². The van der Waals surface area contributed by atoms with Crippen LogP contribution in [0, 0.1) is 6.92 Å². The first kappa shape index (κ1) is 17.9. The van der Waals surface area contributed by atoms with Gasteiger partial charge in [0.1, 0.15) is 6.17 Å². The molecule has 3 aromatic rings. The molecule has 1 heterocycles. The molecule has 0 aliphatic carbocycles. The van der Waals surface area contributed by atoms with Gasteiger partial charge in [-0.15, -0.1) is 0 Å². The van der Waals surface area contributed by atoms with Crippen LogP contribution in [0.5, 0.6) is 0 Å². The molecule has 0 bridgehead atoms. The number of carbonyl (C=O) groups is 1. The average Bonchev–Trinajstić information content (AvgIpc) is 3.23. The summed E-state index contributed by atoms with van der Waals surface area (Å²) in [5.74, 6) is -0.334. The fraction of sp³-hybridized carbons (Fsp3) is 0.125. The summed E-state index contributed by atoms with van der Waals surface area (Å²) in [7, 11) is 1.41.